The predicted octanol–water partition coefficient (Wildman–Crippen LogP) is 2.74. The predicted molar refractivity (Wildman–Crippen MR) is 78.6 cm³/mol. The molecule has 1 aliphatic carbocycles. The van der Waals surface area contributed by atoms with E-state index in [4.69, 9.17) is 0 Å². The molecule has 2 aromatic heterocycles. The normalized spacial score (nSPS) is 24.5. The lowest BCUT2D eigenvalue weighted by atomic mass is 10.1. The van der Waals surface area contributed by atoms with Gasteiger partial charge in [0.25, 0.3) is 0 Å². The van der Waals surface area contributed by atoms with E-state index in [0.29, 0.717) is 11.3 Å². The number of nitrogens with one attached hydrogen (secondary N) is 1. The maximum absolute atomic E-state index is 4.34. The average Bonchev–Trinajstić information content (AvgIpc) is 2.71. The molecule has 5 heteroatoms. The van der Waals surface area contributed by atoms with Crippen molar-refractivity contribution in [2.24, 2.45) is 0 Å². The van der Waals surface area contributed by atoms with Gasteiger partial charge in [-0.1, -0.05) is 37.1 Å². The van der Waals surface area contributed by atoms with E-state index < -0.39 is 0 Å². The van der Waals surface area contributed by atoms with Gasteiger partial charge in [-0.2, -0.15) is 0 Å². The zero-order valence-electron chi connectivity index (χ0n) is 11.2. The van der Waals surface area contributed by atoms with Gasteiger partial charge in [-0.25, -0.2) is 0 Å². The van der Waals surface area contributed by atoms with Crippen molar-refractivity contribution >= 4 is 17.4 Å². The van der Waals surface area contributed by atoms with Crippen LogP contribution in [-0.4, -0.2) is 32.9 Å². The maximum Gasteiger partial charge on any atom is 0.195 e. The highest BCUT2D eigenvalue weighted by Gasteiger charge is 2.24. The second-order valence-corrected chi connectivity index (χ2v) is 6.31. The Balaban J connectivity index is 1.82. The van der Waals surface area contributed by atoms with Crippen LogP contribution in [0.3, 0.4) is 0 Å². The third-order valence-electron chi connectivity index (χ3n) is 3.86. The first-order valence-corrected chi connectivity index (χ1v) is 7.90. The Kier molecular flexibility index (Phi) is 4.03. The summed E-state index contributed by atoms with van der Waals surface area (Å²) in [6.45, 7) is 0. The van der Waals surface area contributed by atoms with Crippen molar-refractivity contribution in [3.63, 3.8) is 0 Å². The Morgan fingerprint density at radius 3 is 3.00 bits per heavy atom. The fourth-order valence-corrected chi connectivity index (χ4v) is 4.13. The first-order valence-electron chi connectivity index (χ1n) is 7.02. The van der Waals surface area contributed by atoms with Crippen molar-refractivity contribution in [2.45, 2.75) is 48.6 Å². The second-order valence-electron chi connectivity index (χ2n) is 5.10. The van der Waals surface area contributed by atoms with Gasteiger partial charge >= 0.3 is 0 Å². The van der Waals surface area contributed by atoms with Crippen LogP contribution in [0.15, 0.2) is 29.6 Å². The SMILES string of the molecule is CNC1CCCCCC1Sc1nnc2ccccn12. The Labute approximate surface area is 118 Å². The molecule has 0 radical (unpaired) electrons. The summed E-state index contributed by atoms with van der Waals surface area (Å²) in [6.07, 6.45) is 8.59. The Bertz CT molecular complexity index is 539. The zero-order chi connectivity index (χ0) is 13.1. The van der Waals surface area contributed by atoms with E-state index in [9.17, 15) is 0 Å². The lowest BCUT2D eigenvalue weighted by Gasteiger charge is -2.23. The first kappa shape index (κ1) is 12.9. The smallest absolute Gasteiger partial charge is 0.195 e. The van der Waals surface area contributed by atoms with Gasteiger partial charge in [0.1, 0.15) is 0 Å². The van der Waals surface area contributed by atoms with E-state index in [-0.39, 0.29) is 0 Å². The van der Waals surface area contributed by atoms with E-state index in [1.807, 2.05) is 36.2 Å². The maximum atomic E-state index is 4.34. The zero-order valence-corrected chi connectivity index (χ0v) is 12.1. The van der Waals surface area contributed by atoms with Crippen molar-refractivity contribution in [1.82, 2.24) is 19.9 Å². The summed E-state index contributed by atoms with van der Waals surface area (Å²) in [7, 11) is 2.07. The van der Waals surface area contributed by atoms with E-state index in [1.165, 1.54) is 32.1 Å². The van der Waals surface area contributed by atoms with Crippen LogP contribution in [0.2, 0.25) is 0 Å². The van der Waals surface area contributed by atoms with Gasteiger partial charge in [-0.3, -0.25) is 4.40 Å². The molecule has 2 aromatic rings. The molecule has 4 nitrogen and oxygen atoms in total. The van der Waals surface area contributed by atoms with Crippen LogP contribution in [0, 0.1) is 0 Å². The third kappa shape index (κ3) is 2.77. The monoisotopic (exact) mass is 276 g/mol. The molecule has 2 heterocycles. The molecule has 0 aliphatic heterocycles. The van der Waals surface area contributed by atoms with Crippen molar-refractivity contribution in [3.05, 3.63) is 24.4 Å². The number of nitrogens with zero attached hydrogens (tertiary/aromatic N) is 3. The van der Waals surface area contributed by atoms with E-state index in [0.717, 1.165) is 10.8 Å². The van der Waals surface area contributed by atoms with Crippen LogP contribution >= 0.6 is 11.8 Å². The van der Waals surface area contributed by atoms with Crippen LogP contribution in [0.4, 0.5) is 0 Å². The summed E-state index contributed by atoms with van der Waals surface area (Å²) in [5, 5.41) is 13.7. The minimum absolute atomic E-state index is 0.587. The average molecular weight is 276 g/mol. The van der Waals surface area contributed by atoms with Gasteiger partial charge in [0.15, 0.2) is 10.8 Å². The number of fused-ring (bicyclic) bond motifs is 1. The van der Waals surface area contributed by atoms with Crippen LogP contribution < -0.4 is 5.32 Å². The first-order chi connectivity index (χ1) is 9.38. The summed E-state index contributed by atoms with van der Waals surface area (Å²) in [5.41, 5.74) is 0.930. The Hall–Kier alpha value is -1.07. The highest BCUT2D eigenvalue weighted by Crippen LogP contribution is 2.32. The van der Waals surface area contributed by atoms with Gasteiger partial charge in [-0.15, -0.1) is 10.2 Å². The van der Waals surface area contributed by atoms with E-state index in [2.05, 4.69) is 27.0 Å². The third-order valence-corrected chi connectivity index (χ3v) is 5.22. The molecule has 102 valence electrons. The van der Waals surface area contributed by atoms with Gasteiger partial charge < -0.3 is 5.32 Å². The number of rotatable bonds is 3. The number of aromatic nitrogens is 3. The second kappa shape index (κ2) is 5.92. The van der Waals surface area contributed by atoms with Crippen LogP contribution in [0.25, 0.3) is 5.65 Å². The molecule has 3 rings (SSSR count). The molecule has 1 N–H and O–H groups in total. The fraction of sp³-hybridized carbons (Fsp3) is 0.571. The molecular weight excluding hydrogens is 256 g/mol. The summed E-state index contributed by atoms with van der Waals surface area (Å²) in [6, 6.07) is 6.62. The largest absolute Gasteiger partial charge is 0.316 e. The quantitative estimate of drug-likeness (QED) is 0.875. The van der Waals surface area contributed by atoms with Crippen molar-refractivity contribution in [1.29, 1.82) is 0 Å². The Morgan fingerprint density at radius 2 is 2.11 bits per heavy atom. The molecule has 2 atom stereocenters. The molecule has 0 saturated heterocycles. The molecule has 0 bridgehead atoms. The summed E-state index contributed by atoms with van der Waals surface area (Å²) in [4.78, 5) is 0. The lowest BCUT2D eigenvalue weighted by molar-refractivity contribution is 0.509. The van der Waals surface area contributed by atoms with Crippen LogP contribution in [0.1, 0.15) is 32.1 Å². The number of hydrogen-bond donors (Lipinski definition) is 1. The highest BCUT2D eigenvalue weighted by molar-refractivity contribution is 7.99. The molecule has 0 amide bonds. The molecule has 19 heavy (non-hydrogen) atoms. The fourth-order valence-electron chi connectivity index (χ4n) is 2.78. The number of pyridine rings is 1. The molecule has 1 aliphatic rings. The topological polar surface area (TPSA) is 42.2 Å². The van der Waals surface area contributed by atoms with Crippen LogP contribution in [-0.2, 0) is 0 Å². The van der Waals surface area contributed by atoms with E-state index >= 15 is 0 Å². The Morgan fingerprint density at radius 1 is 1.21 bits per heavy atom. The van der Waals surface area contributed by atoms with Crippen molar-refractivity contribution in [3.8, 4) is 0 Å². The van der Waals surface area contributed by atoms with Crippen LogP contribution in [0.5, 0.6) is 0 Å². The summed E-state index contributed by atoms with van der Waals surface area (Å²) < 4.78 is 2.09. The number of thioether (sulfide) groups is 1. The standard InChI is InChI=1S/C14H20N4S/c1-15-11-7-3-2-4-8-12(11)19-14-17-16-13-9-5-6-10-18(13)14/h5-6,9-12,15H,2-4,7-8H2,1H3. The van der Waals surface area contributed by atoms with Gasteiger partial charge in [0.2, 0.25) is 0 Å². The van der Waals surface area contributed by atoms with Gasteiger partial charge in [-0.05, 0) is 32.0 Å². The molecule has 2 unspecified atom stereocenters. The minimum atomic E-state index is 0.587. The summed E-state index contributed by atoms with van der Waals surface area (Å²) >= 11 is 1.87. The van der Waals surface area contributed by atoms with Crippen molar-refractivity contribution < 1.29 is 0 Å². The minimum Gasteiger partial charge on any atom is -0.316 e. The highest BCUT2D eigenvalue weighted by atomic mass is 32.2. The molecule has 1 saturated carbocycles. The number of hydrogen-bond acceptors (Lipinski definition) is 4. The molecule has 1 fully saturated rings. The molecule has 0 aromatic carbocycles. The van der Waals surface area contributed by atoms with Gasteiger partial charge in [0.05, 0.1) is 0 Å². The van der Waals surface area contributed by atoms with Gasteiger partial charge in [0, 0.05) is 17.5 Å². The van der Waals surface area contributed by atoms with Crippen molar-refractivity contribution in [2.75, 3.05) is 7.05 Å². The van der Waals surface area contributed by atoms with E-state index in [1.54, 1.807) is 0 Å². The molecule has 0 spiro atoms. The summed E-state index contributed by atoms with van der Waals surface area (Å²) in [5.74, 6) is 0. The molecular formula is C14H20N4S. The lowest BCUT2D eigenvalue weighted by Crippen LogP contribution is -2.34.